The summed E-state index contributed by atoms with van der Waals surface area (Å²) in [7, 11) is 0. The molecule has 0 bridgehead atoms. The van der Waals surface area contributed by atoms with Crippen LogP contribution in [0.5, 0.6) is 0 Å². The van der Waals surface area contributed by atoms with Crippen LogP contribution >= 0.6 is 22.9 Å². The normalized spacial score (nSPS) is 10.8. The maximum absolute atomic E-state index is 13.7. The Hall–Kier alpha value is -2.45. The van der Waals surface area contributed by atoms with Gasteiger partial charge in [-0.05, 0) is 30.3 Å². The summed E-state index contributed by atoms with van der Waals surface area (Å²) in [5.74, 6) is -4.53. The number of anilines is 1. The molecule has 3 nitrogen and oxygen atoms in total. The lowest BCUT2D eigenvalue weighted by Gasteiger charge is -2.05. The van der Waals surface area contributed by atoms with Crippen LogP contribution in [0, 0.1) is 23.3 Å². The van der Waals surface area contributed by atoms with Gasteiger partial charge < -0.3 is 0 Å². The lowest BCUT2D eigenvalue weighted by atomic mass is 10.1. The van der Waals surface area contributed by atoms with Crippen LogP contribution in [0.2, 0.25) is 5.02 Å². The first-order chi connectivity index (χ1) is 11.8. The van der Waals surface area contributed by atoms with Gasteiger partial charge in [0.2, 0.25) is 0 Å². The van der Waals surface area contributed by atoms with E-state index in [0.717, 1.165) is 29.5 Å². The molecule has 1 heterocycles. The number of benzene rings is 2. The number of rotatable bonds is 3. The summed E-state index contributed by atoms with van der Waals surface area (Å²) in [4.78, 5) is 16.1. The number of amides is 1. The maximum atomic E-state index is 13.7. The molecule has 128 valence electrons. The van der Waals surface area contributed by atoms with Crippen molar-refractivity contribution in [2.75, 3.05) is 5.32 Å². The van der Waals surface area contributed by atoms with E-state index in [1.54, 1.807) is 0 Å². The Morgan fingerprint density at radius 2 is 1.76 bits per heavy atom. The molecular weight excluding hydrogens is 380 g/mol. The van der Waals surface area contributed by atoms with Crippen molar-refractivity contribution in [2.24, 2.45) is 0 Å². The van der Waals surface area contributed by atoms with Crippen LogP contribution in [-0.2, 0) is 0 Å². The van der Waals surface area contributed by atoms with E-state index in [9.17, 15) is 22.4 Å². The summed E-state index contributed by atoms with van der Waals surface area (Å²) in [6, 6.07) is 4.25. The van der Waals surface area contributed by atoms with Crippen LogP contribution in [0.1, 0.15) is 10.4 Å². The number of halogens is 5. The van der Waals surface area contributed by atoms with Crippen molar-refractivity contribution in [3.63, 3.8) is 0 Å². The van der Waals surface area contributed by atoms with Gasteiger partial charge in [-0.25, -0.2) is 22.5 Å². The fourth-order valence-corrected chi connectivity index (χ4v) is 2.95. The van der Waals surface area contributed by atoms with Gasteiger partial charge in [-0.2, -0.15) is 0 Å². The smallest absolute Gasteiger partial charge is 0.259 e. The average Bonchev–Trinajstić information content (AvgIpc) is 3.01. The first-order valence-electron chi connectivity index (χ1n) is 6.72. The van der Waals surface area contributed by atoms with Crippen LogP contribution in [0.15, 0.2) is 35.7 Å². The number of thiazole rings is 1. The van der Waals surface area contributed by atoms with Crippen molar-refractivity contribution in [1.29, 1.82) is 0 Å². The molecule has 0 aliphatic heterocycles. The molecule has 0 spiro atoms. The van der Waals surface area contributed by atoms with Gasteiger partial charge in [0, 0.05) is 10.9 Å². The molecule has 0 atom stereocenters. The second kappa shape index (κ2) is 6.81. The Kier molecular flexibility index (Phi) is 4.73. The van der Waals surface area contributed by atoms with Crippen molar-refractivity contribution >= 4 is 34.0 Å². The summed E-state index contributed by atoms with van der Waals surface area (Å²) in [5, 5.41) is 3.55. The van der Waals surface area contributed by atoms with Gasteiger partial charge in [-0.1, -0.05) is 11.6 Å². The molecule has 3 rings (SSSR count). The molecule has 0 unspecified atom stereocenters. The molecule has 0 fully saturated rings. The molecule has 0 saturated carbocycles. The molecular formula is C16H7ClF4N2OS. The SMILES string of the molecule is O=C(Nc1nc(-c2cc(F)ccc2F)cs1)c1cc(F)c(F)cc1Cl. The minimum absolute atomic E-state index is 0.0597. The zero-order valence-corrected chi connectivity index (χ0v) is 13.7. The average molecular weight is 387 g/mol. The molecule has 3 aromatic rings. The standard InChI is InChI=1S/C16H7ClF4N2OS/c17-10-5-13(21)12(20)4-8(10)15(24)23-16-22-14(6-25-16)9-3-7(18)1-2-11(9)19/h1-6H,(H,22,23,24). The fraction of sp³-hybridized carbons (Fsp3) is 0. The van der Waals surface area contributed by atoms with E-state index in [4.69, 9.17) is 11.6 Å². The second-order valence-electron chi connectivity index (χ2n) is 4.86. The number of nitrogens with one attached hydrogen (secondary N) is 1. The predicted molar refractivity (Wildman–Crippen MR) is 86.8 cm³/mol. The molecule has 0 aliphatic rings. The Morgan fingerprint density at radius 1 is 1.04 bits per heavy atom. The summed E-state index contributed by atoms with van der Waals surface area (Å²) in [6.07, 6.45) is 0. The predicted octanol–water partition coefficient (Wildman–Crippen LogP) is 5.27. The molecule has 2 aromatic carbocycles. The lowest BCUT2D eigenvalue weighted by molar-refractivity contribution is 0.102. The van der Waals surface area contributed by atoms with Crippen LogP contribution in [0.25, 0.3) is 11.3 Å². The summed E-state index contributed by atoms with van der Waals surface area (Å²) in [5.41, 5.74) is -0.231. The number of hydrogen-bond acceptors (Lipinski definition) is 3. The Balaban J connectivity index is 1.85. The van der Waals surface area contributed by atoms with Crippen LogP contribution in [0.4, 0.5) is 22.7 Å². The molecule has 1 aromatic heterocycles. The van der Waals surface area contributed by atoms with Gasteiger partial charge in [0.05, 0.1) is 16.3 Å². The van der Waals surface area contributed by atoms with E-state index in [1.807, 2.05) is 0 Å². The number of carbonyl (C=O) groups is 1. The lowest BCUT2D eigenvalue weighted by Crippen LogP contribution is -2.13. The van der Waals surface area contributed by atoms with E-state index in [-0.39, 0.29) is 27.0 Å². The summed E-state index contributed by atoms with van der Waals surface area (Å²) >= 11 is 6.68. The minimum atomic E-state index is -1.23. The third-order valence-corrected chi connectivity index (χ3v) is 4.25. The number of carbonyl (C=O) groups excluding carboxylic acids is 1. The zero-order chi connectivity index (χ0) is 18.1. The molecule has 1 N–H and O–H groups in total. The molecule has 0 saturated heterocycles. The van der Waals surface area contributed by atoms with Gasteiger partial charge in [0.15, 0.2) is 16.8 Å². The zero-order valence-electron chi connectivity index (χ0n) is 12.1. The Bertz CT molecular complexity index is 977. The third-order valence-electron chi connectivity index (χ3n) is 3.18. The minimum Gasteiger partial charge on any atom is -0.298 e. The van der Waals surface area contributed by atoms with Crippen molar-refractivity contribution in [3.05, 3.63) is 69.6 Å². The monoisotopic (exact) mass is 386 g/mol. The van der Waals surface area contributed by atoms with Gasteiger partial charge in [-0.3, -0.25) is 10.1 Å². The van der Waals surface area contributed by atoms with Crippen molar-refractivity contribution in [1.82, 2.24) is 4.98 Å². The summed E-state index contributed by atoms with van der Waals surface area (Å²) in [6.45, 7) is 0. The Morgan fingerprint density at radius 3 is 2.52 bits per heavy atom. The highest BCUT2D eigenvalue weighted by Crippen LogP contribution is 2.28. The molecule has 1 amide bonds. The first kappa shape index (κ1) is 17.4. The largest absolute Gasteiger partial charge is 0.298 e. The topological polar surface area (TPSA) is 42.0 Å². The third kappa shape index (κ3) is 3.64. The van der Waals surface area contributed by atoms with Crippen LogP contribution in [-0.4, -0.2) is 10.9 Å². The second-order valence-corrected chi connectivity index (χ2v) is 6.13. The van der Waals surface area contributed by atoms with Crippen molar-refractivity contribution < 1.29 is 22.4 Å². The molecule has 0 radical (unpaired) electrons. The van der Waals surface area contributed by atoms with Gasteiger partial charge >= 0.3 is 0 Å². The van der Waals surface area contributed by atoms with Gasteiger partial charge in [-0.15, -0.1) is 11.3 Å². The quantitative estimate of drug-likeness (QED) is 0.492. The maximum Gasteiger partial charge on any atom is 0.259 e. The van der Waals surface area contributed by atoms with Gasteiger partial charge in [0.1, 0.15) is 11.6 Å². The van der Waals surface area contributed by atoms with E-state index in [1.165, 1.54) is 5.38 Å². The summed E-state index contributed by atoms with van der Waals surface area (Å²) < 4.78 is 53.3. The molecule has 9 heteroatoms. The van der Waals surface area contributed by atoms with Crippen molar-refractivity contribution in [3.8, 4) is 11.3 Å². The van der Waals surface area contributed by atoms with Crippen LogP contribution in [0.3, 0.4) is 0 Å². The molecule has 25 heavy (non-hydrogen) atoms. The van der Waals surface area contributed by atoms with E-state index in [0.29, 0.717) is 12.1 Å². The number of nitrogens with zero attached hydrogens (tertiary/aromatic N) is 1. The molecule has 0 aliphatic carbocycles. The highest BCUT2D eigenvalue weighted by Gasteiger charge is 2.17. The van der Waals surface area contributed by atoms with E-state index >= 15 is 0 Å². The number of aromatic nitrogens is 1. The fourth-order valence-electron chi connectivity index (χ4n) is 2.01. The Labute approximate surface area is 147 Å². The highest BCUT2D eigenvalue weighted by atomic mass is 35.5. The van der Waals surface area contributed by atoms with Gasteiger partial charge in [0.25, 0.3) is 5.91 Å². The highest BCUT2D eigenvalue weighted by molar-refractivity contribution is 7.14. The first-order valence-corrected chi connectivity index (χ1v) is 7.98. The number of hydrogen-bond donors (Lipinski definition) is 1. The van der Waals surface area contributed by atoms with Crippen LogP contribution < -0.4 is 5.32 Å². The van der Waals surface area contributed by atoms with E-state index in [2.05, 4.69) is 10.3 Å². The van der Waals surface area contributed by atoms with Crippen molar-refractivity contribution in [2.45, 2.75) is 0 Å². The van der Waals surface area contributed by atoms with E-state index < -0.39 is 29.2 Å².